The summed E-state index contributed by atoms with van der Waals surface area (Å²) in [5.74, 6) is -1.17. The van der Waals surface area contributed by atoms with E-state index < -0.39 is 36.0 Å². The molecule has 3 saturated heterocycles. The van der Waals surface area contributed by atoms with Gasteiger partial charge in [-0.1, -0.05) is 0 Å². The Kier molecular flexibility index (Phi) is 4.18. The summed E-state index contributed by atoms with van der Waals surface area (Å²) in [5.41, 5.74) is 4.49. The van der Waals surface area contributed by atoms with E-state index in [0.29, 0.717) is 30.7 Å². The van der Waals surface area contributed by atoms with Crippen LogP contribution in [-0.2, 0) is 9.59 Å². The average Bonchev–Trinajstić information content (AvgIpc) is 3.14. The van der Waals surface area contributed by atoms with Gasteiger partial charge in [-0.15, -0.1) is 0 Å². The highest BCUT2D eigenvalue weighted by Crippen LogP contribution is 2.28. The predicted octanol–water partition coefficient (Wildman–Crippen LogP) is -1.07. The number of carboxylic acid groups (broad SMARTS) is 1. The number of piperidine rings is 1. The third-order valence-electron chi connectivity index (χ3n) is 4.76. The summed E-state index contributed by atoms with van der Waals surface area (Å²) in [7, 11) is 0. The van der Waals surface area contributed by atoms with E-state index in [4.69, 9.17) is 5.11 Å². The van der Waals surface area contributed by atoms with Gasteiger partial charge in [-0.25, -0.2) is 14.7 Å². The van der Waals surface area contributed by atoms with Crippen molar-refractivity contribution in [1.82, 2.24) is 25.7 Å². The molecule has 4 N–H and O–H groups in total. The number of hydrazine groups is 1. The zero-order valence-corrected chi connectivity index (χ0v) is 12.8. The zero-order valence-electron chi connectivity index (χ0n) is 12.8. The molecule has 0 aliphatic carbocycles. The maximum atomic E-state index is 12.2. The molecule has 3 fully saturated rings. The minimum atomic E-state index is -1.18. The largest absolute Gasteiger partial charge is 0.465 e. The number of fused-ring (bicyclic) bond motifs is 2. The number of rotatable bonds is 2. The van der Waals surface area contributed by atoms with Crippen LogP contribution in [0, 0.1) is 0 Å². The number of nitrogens with zero attached hydrogens (tertiary/aromatic N) is 3. The topological polar surface area (TPSA) is 143 Å². The fourth-order valence-corrected chi connectivity index (χ4v) is 3.48. The quantitative estimate of drug-likeness (QED) is 0.372. The van der Waals surface area contributed by atoms with Crippen molar-refractivity contribution in [2.45, 2.75) is 43.8 Å². The van der Waals surface area contributed by atoms with Crippen molar-refractivity contribution in [2.24, 2.45) is 0 Å². The molecule has 0 aromatic carbocycles. The van der Waals surface area contributed by atoms with E-state index in [1.54, 1.807) is 0 Å². The van der Waals surface area contributed by atoms with Crippen molar-refractivity contribution in [3.63, 3.8) is 0 Å². The minimum Gasteiger partial charge on any atom is -0.465 e. The number of hydroxylamine groups is 2. The van der Waals surface area contributed by atoms with E-state index in [9.17, 15) is 24.4 Å². The van der Waals surface area contributed by atoms with Crippen LogP contribution in [0.1, 0.15) is 25.7 Å². The van der Waals surface area contributed by atoms with Crippen LogP contribution in [0.25, 0.3) is 0 Å². The van der Waals surface area contributed by atoms with E-state index in [1.165, 1.54) is 4.90 Å². The maximum Gasteiger partial charge on any atom is 0.407 e. The van der Waals surface area contributed by atoms with E-state index in [-0.39, 0.29) is 19.1 Å². The van der Waals surface area contributed by atoms with Gasteiger partial charge in [-0.3, -0.25) is 30.5 Å². The van der Waals surface area contributed by atoms with E-state index >= 15 is 0 Å². The molecular weight excluding hydrogens is 322 g/mol. The smallest absolute Gasteiger partial charge is 0.407 e. The highest BCUT2D eigenvalue weighted by Gasteiger charge is 2.47. The Labute approximate surface area is 137 Å². The minimum absolute atomic E-state index is 0.261. The first-order valence-corrected chi connectivity index (χ1v) is 7.78. The molecular formula is C13H19N5O6. The third-order valence-corrected chi connectivity index (χ3v) is 4.76. The van der Waals surface area contributed by atoms with Crippen LogP contribution in [0.3, 0.4) is 0 Å². The molecule has 3 rings (SSSR count). The third kappa shape index (κ3) is 2.70. The van der Waals surface area contributed by atoms with Crippen molar-refractivity contribution in [3.8, 4) is 0 Å². The molecule has 0 saturated carbocycles. The van der Waals surface area contributed by atoms with Gasteiger partial charge in [-0.05, 0) is 25.7 Å². The number of amides is 5. The second kappa shape index (κ2) is 6.15. The monoisotopic (exact) mass is 341 g/mol. The van der Waals surface area contributed by atoms with Gasteiger partial charge in [0.25, 0.3) is 11.8 Å². The average molecular weight is 341 g/mol. The summed E-state index contributed by atoms with van der Waals surface area (Å²) in [6.45, 7) is 0.538. The van der Waals surface area contributed by atoms with Gasteiger partial charge >= 0.3 is 12.1 Å². The fraction of sp³-hybridized carbons (Fsp3) is 0.692. The number of urea groups is 1. The molecule has 3 aliphatic rings. The van der Waals surface area contributed by atoms with Crippen LogP contribution in [0.5, 0.6) is 0 Å². The standard InChI is InChI=1S/C13H19N5O6/c19-10(8-2-1-5-16(8)13(22)23)14-15-11(20)9-4-3-7-6-17(9)12(21)18(7)24/h7-9,24H,1-6H2,(H,14,19)(H,15,20)(H,22,23)/t7-,8?,9+/m1/s1. The predicted molar refractivity (Wildman–Crippen MR) is 76.6 cm³/mol. The van der Waals surface area contributed by atoms with Gasteiger partial charge in [-0.2, -0.15) is 0 Å². The van der Waals surface area contributed by atoms with Crippen molar-refractivity contribution in [1.29, 1.82) is 0 Å². The van der Waals surface area contributed by atoms with Crippen LogP contribution in [0.15, 0.2) is 0 Å². The molecule has 0 aromatic rings. The number of likely N-dealkylation sites (tertiary alicyclic amines) is 1. The molecule has 5 amide bonds. The lowest BCUT2D eigenvalue weighted by Gasteiger charge is -2.29. The second-order valence-corrected chi connectivity index (χ2v) is 6.14. The summed E-state index contributed by atoms with van der Waals surface area (Å²) < 4.78 is 0. The van der Waals surface area contributed by atoms with Crippen molar-refractivity contribution >= 4 is 23.9 Å². The number of nitrogens with one attached hydrogen (secondary N) is 2. The Morgan fingerprint density at radius 1 is 1.04 bits per heavy atom. The maximum absolute atomic E-state index is 12.2. The summed E-state index contributed by atoms with van der Waals surface area (Å²) >= 11 is 0. The van der Waals surface area contributed by atoms with Crippen molar-refractivity contribution in [2.75, 3.05) is 13.1 Å². The summed E-state index contributed by atoms with van der Waals surface area (Å²) in [4.78, 5) is 49.4. The molecule has 11 nitrogen and oxygen atoms in total. The Morgan fingerprint density at radius 3 is 2.38 bits per heavy atom. The Balaban J connectivity index is 1.55. The Hall–Kier alpha value is -2.56. The first-order valence-electron chi connectivity index (χ1n) is 7.78. The number of hydrogen-bond donors (Lipinski definition) is 4. The molecule has 3 atom stereocenters. The number of carbonyl (C=O) groups is 4. The van der Waals surface area contributed by atoms with Gasteiger partial charge in [0.2, 0.25) is 0 Å². The summed E-state index contributed by atoms with van der Waals surface area (Å²) in [6, 6.07) is -2.54. The number of hydrogen-bond acceptors (Lipinski definition) is 5. The molecule has 24 heavy (non-hydrogen) atoms. The van der Waals surface area contributed by atoms with E-state index in [0.717, 1.165) is 4.90 Å². The fourth-order valence-electron chi connectivity index (χ4n) is 3.48. The first kappa shape index (κ1) is 16.3. The molecule has 0 radical (unpaired) electrons. The van der Waals surface area contributed by atoms with Gasteiger partial charge < -0.3 is 10.0 Å². The van der Waals surface area contributed by atoms with Gasteiger partial charge in [0.1, 0.15) is 12.1 Å². The lowest BCUT2D eigenvalue weighted by molar-refractivity contribution is -0.133. The molecule has 2 bridgehead atoms. The van der Waals surface area contributed by atoms with Crippen LogP contribution in [0.4, 0.5) is 9.59 Å². The van der Waals surface area contributed by atoms with Crippen LogP contribution in [0.2, 0.25) is 0 Å². The Bertz CT molecular complexity index is 583. The lowest BCUT2D eigenvalue weighted by Crippen LogP contribution is -2.57. The SMILES string of the molecule is O=C(NNC(=O)[C@@H]1CC[C@@H]2CN1C(=O)N2O)C1CCCN1C(=O)O. The van der Waals surface area contributed by atoms with Crippen molar-refractivity contribution < 1.29 is 29.5 Å². The zero-order chi connectivity index (χ0) is 17.4. The molecule has 0 spiro atoms. The molecule has 1 unspecified atom stereocenters. The summed E-state index contributed by atoms with van der Waals surface area (Å²) in [5, 5.41) is 19.2. The van der Waals surface area contributed by atoms with E-state index in [2.05, 4.69) is 10.9 Å². The number of carbonyl (C=O) groups excluding carboxylic acids is 3. The highest BCUT2D eigenvalue weighted by molar-refractivity contribution is 5.91. The van der Waals surface area contributed by atoms with E-state index in [1.807, 2.05) is 0 Å². The Morgan fingerprint density at radius 2 is 1.71 bits per heavy atom. The molecule has 11 heteroatoms. The molecule has 3 aliphatic heterocycles. The molecule has 0 aromatic heterocycles. The second-order valence-electron chi connectivity index (χ2n) is 6.14. The van der Waals surface area contributed by atoms with Gasteiger partial charge in [0.15, 0.2) is 0 Å². The molecule has 3 heterocycles. The van der Waals surface area contributed by atoms with Crippen LogP contribution in [-0.4, -0.2) is 80.3 Å². The molecule has 132 valence electrons. The van der Waals surface area contributed by atoms with Crippen LogP contribution >= 0.6 is 0 Å². The van der Waals surface area contributed by atoms with Gasteiger partial charge in [0, 0.05) is 13.1 Å². The highest BCUT2D eigenvalue weighted by atomic mass is 16.5. The normalized spacial score (nSPS) is 29.0. The van der Waals surface area contributed by atoms with Crippen molar-refractivity contribution in [3.05, 3.63) is 0 Å². The van der Waals surface area contributed by atoms with Crippen LogP contribution < -0.4 is 10.9 Å². The van der Waals surface area contributed by atoms with Gasteiger partial charge in [0.05, 0.1) is 6.04 Å². The lowest BCUT2D eigenvalue weighted by atomic mass is 10.0. The first-order chi connectivity index (χ1) is 11.4. The summed E-state index contributed by atoms with van der Waals surface area (Å²) in [6.07, 6.45) is 0.656.